The van der Waals surface area contributed by atoms with E-state index >= 15 is 0 Å². The van der Waals surface area contributed by atoms with Crippen LogP contribution in [-0.4, -0.2) is 30.9 Å². The second-order valence-corrected chi connectivity index (χ2v) is 7.39. The highest BCUT2D eigenvalue weighted by molar-refractivity contribution is 5.79. The van der Waals surface area contributed by atoms with E-state index in [4.69, 9.17) is 4.74 Å². The fraction of sp³-hybridized carbons (Fsp3) is 0.273. The summed E-state index contributed by atoms with van der Waals surface area (Å²) in [6.07, 6.45) is 10.6. The molecule has 1 fully saturated rings. The summed E-state index contributed by atoms with van der Waals surface area (Å²) in [5.74, 6) is 2.26. The average Bonchev–Trinajstić information content (AvgIpc) is 3.31. The molecule has 0 amide bonds. The van der Waals surface area contributed by atoms with Crippen LogP contribution >= 0.6 is 0 Å². The Balaban J connectivity index is 1.38. The summed E-state index contributed by atoms with van der Waals surface area (Å²) >= 11 is 0. The molecule has 6 heteroatoms. The second-order valence-electron chi connectivity index (χ2n) is 7.39. The van der Waals surface area contributed by atoms with Gasteiger partial charge in [0, 0.05) is 54.1 Å². The summed E-state index contributed by atoms with van der Waals surface area (Å²) in [4.78, 5) is 18.0. The minimum atomic E-state index is 0.473. The first-order valence-corrected chi connectivity index (χ1v) is 9.50. The van der Waals surface area contributed by atoms with Crippen LogP contribution in [0, 0.1) is 19.8 Å². The van der Waals surface area contributed by atoms with Crippen molar-refractivity contribution in [3.63, 3.8) is 0 Å². The number of nitrogens with zero attached hydrogens (tertiary/aromatic N) is 5. The lowest BCUT2D eigenvalue weighted by Crippen LogP contribution is -2.06. The predicted octanol–water partition coefficient (Wildman–Crippen LogP) is 3.99. The number of aryl methyl sites for hydroxylation is 2. The molecule has 1 aliphatic carbocycles. The quantitative estimate of drug-likeness (QED) is 0.531. The molecule has 0 spiro atoms. The smallest absolute Gasteiger partial charge is 0.224 e. The van der Waals surface area contributed by atoms with Crippen LogP contribution in [0.1, 0.15) is 29.4 Å². The highest BCUT2D eigenvalue weighted by Crippen LogP contribution is 2.47. The lowest BCUT2D eigenvalue weighted by atomic mass is 10.1. The molecule has 2 atom stereocenters. The maximum Gasteiger partial charge on any atom is 0.224 e. The third kappa shape index (κ3) is 3.11. The summed E-state index contributed by atoms with van der Waals surface area (Å²) in [6.45, 7) is 4.56. The molecule has 0 aliphatic heterocycles. The minimum Gasteiger partial charge on any atom is -0.477 e. The van der Waals surface area contributed by atoms with Crippen molar-refractivity contribution in [2.24, 2.45) is 5.92 Å². The standard InChI is InChI=1S/C22H21N5O/c1-14-5-6-20(25-11-14)18-10-16(18)13-28-22-19(12-24-15(2)26-22)17-4-3-8-27-9-7-23-21(17)27/h3-9,11-12,16,18H,10,13H2,1-2H3/t16-,18?/m1/s1. The SMILES string of the molecule is Cc1ccc(C2C[C@@H]2COc2nc(C)ncc2-c2cccn3ccnc23)nc1. The molecule has 140 valence electrons. The van der Waals surface area contributed by atoms with Crippen LogP contribution in [0.5, 0.6) is 5.88 Å². The molecule has 1 unspecified atom stereocenters. The van der Waals surface area contributed by atoms with Crippen molar-refractivity contribution in [2.45, 2.75) is 26.2 Å². The van der Waals surface area contributed by atoms with Crippen molar-refractivity contribution in [2.75, 3.05) is 6.61 Å². The van der Waals surface area contributed by atoms with Crippen LogP contribution in [0.4, 0.5) is 0 Å². The van der Waals surface area contributed by atoms with Crippen LogP contribution in [-0.2, 0) is 0 Å². The van der Waals surface area contributed by atoms with E-state index in [2.05, 4.69) is 39.0 Å². The molecular weight excluding hydrogens is 350 g/mol. The average molecular weight is 371 g/mol. The largest absolute Gasteiger partial charge is 0.477 e. The maximum atomic E-state index is 6.18. The molecular formula is C22H21N5O. The highest BCUT2D eigenvalue weighted by Gasteiger charge is 2.40. The number of hydrogen-bond donors (Lipinski definition) is 0. The fourth-order valence-corrected chi connectivity index (χ4v) is 3.58. The number of imidazole rings is 1. The lowest BCUT2D eigenvalue weighted by molar-refractivity contribution is 0.285. The van der Waals surface area contributed by atoms with E-state index in [1.807, 2.05) is 48.2 Å². The van der Waals surface area contributed by atoms with Crippen molar-refractivity contribution >= 4 is 5.65 Å². The van der Waals surface area contributed by atoms with E-state index in [1.54, 1.807) is 6.20 Å². The van der Waals surface area contributed by atoms with Gasteiger partial charge in [0.05, 0.1) is 12.2 Å². The van der Waals surface area contributed by atoms with Crippen LogP contribution in [0.15, 0.2) is 55.2 Å². The Hall–Kier alpha value is -3.28. The third-order valence-corrected chi connectivity index (χ3v) is 5.25. The van der Waals surface area contributed by atoms with Gasteiger partial charge in [-0.25, -0.2) is 9.97 Å². The van der Waals surface area contributed by atoms with Gasteiger partial charge in [-0.1, -0.05) is 6.07 Å². The maximum absolute atomic E-state index is 6.18. The molecule has 4 heterocycles. The van der Waals surface area contributed by atoms with Gasteiger partial charge < -0.3 is 9.14 Å². The van der Waals surface area contributed by atoms with Crippen LogP contribution in [0.25, 0.3) is 16.8 Å². The van der Waals surface area contributed by atoms with Crippen molar-refractivity contribution in [3.05, 3.63) is 72.3 Å². The third-order valence-electron chi connectivity index (χ3n) is 5.25. The van der Waals surface area contributed by atoms with Gasteiger partial charge in [0.15, 0.2) is 0 Å². The molecule has 0 N–H and O–H groups in total. The number of fused-ring (bicyclic) bond motifs is 1. The zero-order valence-corrected chi connectivity index (χ0v) is 15.9. The second kappa shape index (κ2) is 6.71. The molecule has 4 aromatic rings. The van der Waals surface area contributed by atoms with E-state index in [1.165, 1.54) is 5.56 Å². The minimum absolute atomic E-state index is 0.473. The summed E-state index contributed by atoms with van der Waals surface area (Å²) < 4.78 is 8.17. The monoisotopic (exact) mass is 371 g/mol. The van der Waals surface area contributed by atoms with Gasteiger partial charge in [-0.3, -0.25) is 4.98 Å². The number of hydrogen-bond acceptors (Lipinski definition) is 5. The zero-order valence-electron chi connectivity index (χ0n) is 15.9. The van der Waals surface area contributed by atoms with E-state index < -0.39 is 0 Å². The molecule has 0 saturated heterocycles. The van der Waals surface area contributed by atoms with Crippen LogP contribution < -0.4 is 4.74 Å². The topological polar surface area (TPSA) is 65.2 Å². The Labute approximate surface area is 163 Å². The van der Waals surface area contributed by atoms with E-state index in [-0.39, 0.29) is 0 Å². The molecule has 0 radical (unpaired) electrons. The van der Waals surface area contributed by atoms with Gasteiger partial charge in [-0.2, -0.15) is 4.98 Å². The van der Waals surface area contributed by atoms with E-state index in [0.29, 0.717) is 30.1 Å². The Morgan fingerprint density at radius 2 is 1.96 bits per heavy atom. The van der Waals surface area contributed by atoms with Crippen molar-refractivity contribution in [1.29, 1.82) is 0 Å². The molecule has 5 rings (SSSR count). The Morgan fingerprint density at radius 1 is 1.04 bits per heavy atom. The summed E-state index contributed by atoms with van der Waals surface area (Å²) in [7, 11) is 0. The van der Waals surface area contributed by atoms with Crippen molar-refractivity contribution in [3.8, 4) is 17.0 Å². The van der Waals surface area contributed by atoms with Gasteiger partial charge >= 0.3 is 0 Å². The number of pyridine rings is 2. The van der Waals surface area contributed by atoms with Gasteiger partial charge in [0.1, 0.15) is 11.5 Å². The molecule has 6 nitrogen and oxygen atoms in total. The molecule has 4 aromatic heterocycles. The molecule has 0 bridgehead atoms. The summed E-state index contributed by atoms with van der Waals surface area (Å²) in [6, 6.07) is 8.27. The normalized spacial score (nSPS) is 18.4. The number of ether oxygens (including phenoxy) is 1. The van der Waals surface area contributed by atoms with E-state index in [0.717, 1.165) is 28.9 Å². The summed E-state index contributed by atoms with van der Waals surface area (Å²) in [5, 5.41) is 0. The Bertz CT molecular complexity index is 1140. The van der Waals surface area contributed by atoms with Gasteiger partial charge in [-0.15, -0.1) is 0 Å². The van der Waals surface area contributed by atoms with E-state index in [9.17, 15) is 0 Å². The van der Waals surface area contributed by atoms with Gasteiger partial charge in [0.2, 0.25) is 5.88 Å². The van der Waals surface area contributed by atoms with Crippen molar-refractivity contribution in [1.82, 2.24) is 24.3 Å². The first-order chi connectivity index (χ1) is 13.7. The summed E-state index contributed by atoms with van der Waals surface area (Å²) in [5.41, 5.74) is 5.04. The Morgan fingerprint density at radius 3 is 2.82 bits per heavy atom. The molecule has 1 aliphatic rings. The fourth-order valence-electron chi connectivity index (χ4n) is 3.58. The van der Waals surface area contributed by atoms with Gasteiger partial charge in [-0.05, 0) is 44.0 Å². The highest BCUT2D eigenvalue weighted by atomic mass is 16.5. The lowest BCUT2D eigenvalue weighted by Gasteiger charge is -2.11. The van der Waals surface area contributed by atoms with Crippen LogP contribution in [0.3, 0.4) is 0 Å². The number of rotatable bonds is 5. The van der Waals surface area contributed by atoms with Crippen LogP contribution in [0.2, 0.25) is 0 Å². The predicted molar refractivity (Wildman–Crippen MR) is 106 cm³/mol. The molecule has 0 aromatic carbocycles. The first kappa shape index (κ1) is 16.9. The zero-order chi connectivity index (χ0) is 19.1. The van der Waals surface area contributed by atoms with Gasteiger partial charge in [0.25, 0.3) is 0 Å². The number of aromatic nitrogens is 5. The van der Waals surface area contributed by atoms with Crippen molar-refractivity contribution < 1.29 is 4.74 Å². The molecule has 1 saturated carbocycles. The molecule has 28 heavy (non-hydrogen) atoms. The Kier molecular flexibility index (Phi) is 4.04. The first-order valence-electron chi connectivity index (χ1n) is 9.50.